The summed E-state index contributed by atoms with van der Waals surface area (Å²) >= 11 is 0. The Morgan fingerprint density at radius 1 is 0.261 bits per heavy atom. The summed E-state index contributed by atoms with van der Waals surface area (Å²) in [5, 5.41) is 4.49. The predicted molar refractivity (Wildman–Crippen MR) is 291 cm³/mol. The number of hydrogen-bond donors (Lipinski definition) is 0. The Hall–Kier alpha value is -8.98. The highest BCUT2D eigenvalue weighted by molar-refractivity contribution is 6.28. The van der Waals surface area contributed by atoms with Crippen LogP contribution in [-0.2, 0) is 7.05 Å². The van der Waals surface area contributed by atoms with Gasteiger partial charge in [0.05, 0.1) is 16.4 Å². The molecule has 0 amide bonds. The van der Waals surface area contributed by atoms with Crippen molar-refractivity contribution in [2.75, 3.05) is 0 Å². The van der Waals surface area contributed by atoms with Crippen molar-refractivity contribution in [2.45, 2.75) is 0 Å². The first-order valence-corrected chi connectivity index (χ1v) is 23.7. The summed E-state index contributed by atoms with van der Waals surface area (Å²) in [6, 6.07) is 92.5. The van der Waals surface area contributed by atoms with Gasteiger partial charge in [-0.25, -0.2) is 0 Å². The van der Waals surface area contributed by atoms with E-state index in [1.54, 1.807) is 0 Å². The lowest BCUT2D eigenvalue weighted by Gasteiger charge is -2.17. The van der Waals surface area contributed by atoms with Gasteiger partial charge in [0.1, 0.15) is 11.2 Å². The van der Waals surface area contributed by atoms with Gasteiger partial charge < -0.3 is 8.98 Å². The number of para-hydroxylation sites is 2. The van der Waals surface area contributed by atoms with Gasteiger partial charge in [-0.3, -0.25) is 0 Å². The molecule has 0 aliphatic carbocycles. The van der Waals surface area contributed by atoms with Crippen LogP contribution >= 0.6 is 0 Å². The van der Waals surface area contributed by atoms with Crippen molar-refractivity contribution in [3.05, 3.63) is 255 Å². The fourth-order valence-corrected chi connectivity index (χ4v) is 10.8. The summed E-state index contributed by atoms with van der Waals surface area (Å²) < 4.78 is 9.39. The Balaban J connectivity index is 1.07. The molecule has 0 fully saturated rings. The normalized spacial score (nSPS) is 11.6. The van der Waals surface area contributed by atoms with E-state index in [0.29, 0.717) is 0 Å². The molecular weight excluding hydrogens is 835 g/mol. The number of rotatable bonds is 8. The first kappa shape index (κ1) is 40.3. The molecule has 0 radical (unpaired) electrons. The molecule has 69 heavy (non-hydrogen) atoms. The standard InChI is InChI=1S/C67H45NO/c1-68-65-59(56-31-16-14-29-54(56)52-39-48(44-21-6-2-7-22-44)37-49(40-52)45-23-8-3-9-24-45)34-20-35-60(65)64-66(68)61(43-62-58-33-18-19-36-63(58)69-67(62)64)57-32-17-15-30-55(57)53-41-50(46-25-10-4-11-26-46)38-51(42-53)47-27-12-5-13-28-47/h2-43H,1H3. The van der Waals surface area contributed by atoms with Gasteiger partial charge in [-0.2, -0.15) is 0 Å². The van der Waals surface area contributed by atoms with E-state index in [9.17, 15) is 0 Å². The summed E-state index contributed by atoms with van der Waals surface area (Å²) in [6.45, 7) is 0. The second-order valence-corrected chi connectivity index (χ2v) is 18.0. The second kappa shape index (κ2) is 16.7. The van der Waals surface area contributed by atoms with Gasteiger partial charge in [0.15, 0.2) is 0 Å². The highest BCUT2D eigenvalue weighted by Gasteiger charge is 2.25. The molecule has 0 aliphatic rings. The Bertz CT molecular complexity index is 3930. The fraction of sp³-hybridized carbons (Fsp3) is 0.0149. The van der Waals surface area contributed by atoms with Gasteiger partial charge >= 0.3 is 0 Å². The van der Waals surface area contributed by atoms with Crippen molar-refractivity contribution in [1.29, 1.82) is 0 Å². The molecule has 2 heteroatoms. The van der Waals surface area contributed by atoms with Crippen molar-refractivity contribution in [3.8, 4) is 89.0 Å². The van der Waals surface area contributed by atoms with Crippen molar-refractivity contribution < 1.29 is 4.42 Å². The highest BCUT2D eigenvalue weighted by atomic mass is 16.3. The third-order valence-corrected chi connectivity index (χ3v) is 14.0. The summed E-state index contributed by atoms with van der Waals surface area (Å²) in [6.07, 6.45) is 0. The van der Waals surface area contributed by atoms with Gasteiger partial charge in [0, 0.05) is 34.3 Å². The van der Waals surface area contributed by atoms with Crippen LogP contribution in [0.1, 0.15) is 0 Å². The average molecular weight is 880 g/mol. The van der Waals surface area contributed by atoms with E-state index < -0.39 is 0 Å². The zero-order valence-electron chi connectivity index (χ0n) is 38.1. The van der Waals surface area contributed by atoms with E-state index in [0.717, 1.165) is 60.4 Å². The molecule has 0 atom stereocenters. The van der Waals surface area contributed by atoms with Crippen LogP contribution in [0.5, 0.6) is 0 Å². The lowest BCUT2D eigenvalue weighted by atomic mass is 9.88. The number of hydrogen-bond acceptors (Lipinski definition) is 1. The molecule has 0 saturated heterocycles. The number of nitrogens with zero attached hydrogens (tertiary/aromatic N) is 1. The van der Waals surface area contributed by atoms with Crippen LogP contribution in [0.2, 0.25) is 0 Å². The Morgan fingerprint density at radius 2 is 0.638 bits per heavy atom. The third-order valence-electron chi connectivity index (χ3n) is 14.0. The van der Waals surface area contributed by atoms with E-state index in [-0.39, 0.29) is 0 Å². The van der Waals surface area contributed by atoms with E-state index in [1.165, 1.54) is 72.3 Å². The van der Waals surface area contributed by atoms with Gasteiger partial charge in [-0.15, -0.1) is 0 Å². The quantitative estimate of drug-likeness (QED) is 0.149. The average Bonchev–Trinajstić information content (AvgIpc) is 3.96. The summed E-state index contributed by atoms with van der Waals surface area (Å²) in [4.78, 5) is 0. The Morgan fingerprint density at radius 3 is 1.13 bits per heavy atom. The van der Waals surface area contributed by atoms with Crippen molar-refractivity contribution >= 4 is 43.7 Å². The molecule has 13 aromatic rings. The van der Waals surface area contributed by atoms with Crippen molar-refractivity contribution in [2.24, 2.45) is 7.05 Å². The zero-order chi connectivity index (χ0) is 45.8. The molecule has 2 nitrogen and oxygen atoms in total. The molecule has 0 spiro atoms. The highest BCUT2D eigenvalue weighted by Crippen LogP contribution is 2.49. The minimum Gasteiger partial charge on any atom is -0.455 e. The van der Waals surface area contributed by atoms with Crippen LogP contribution in [0.4, 0.5) is 0 Å². The molecule has 0 bridgehead atoms. The van der Waals surface area contributed by atoms with Crippen LogP contribution in [0, 0.1) is 0 Å². The maximum Gasteiger partial charge on any atom is 0.145 e. The summed E-state index contributed by atoms with van der Waals surface area (Å²) in [5.74, 6) is 0. The van der Waals surface area contributed by atoms with E-state index in [4.69, 9.17) is 4.42 Å². The Kier molecular flexibility index (Phi) is 9.77. The molecule has 11 aromatic carbocycles. The lowest BCUT2D eigenvalue weighted by Crippen LogP contribution is -1.95. The third kappa shape index (κ3) is 6.96. The molecule has 324 valence electrons. The maximum atomic E-state index is 6.96. The van der Waals surface area contributed by atoms with E-state index >= 15 is 0 Å². The fourth-order valence-electron chi connectivity index (χ4n) is 10.8. The van der Waals surface area contributed by atoms with Gasteiger partial charge in [-0.05, 0) is 126 Å². The maximum absolute atomic E-state index is 6.96. The topological polar surface area (TPSA) is 18.1 Å². The van der Waals surface area contributed by atoms with Gasteiger partial charge in [0.25, 0.3) is 0 Å². The molecule has 0 saturated carbocycles. The first-order valence-electron chi connectivity index (χ1n) is 23.7. The van der Waals surface area contributed by atoms with Crippen LogP contribution in [-0.4, -0.2) is 4.57 Å². The lowest BCUT2D eigenvalue weighted by molar-refractivity contribution is 0.673. The zero-order valence-corrected chi connectivity index (χ0v) is 38.1. The largest absolute Gasteiger partial charge is 0.455 e. The molecule has 2 aromatic heterocycles. The molecular formula is C67H45NO. The number of furan rings is 1. The first-order chi connectivity index (χ1) is 34.1. The number of benzene rings is 11. The van der Waals surface area contributed by atoms with Crippen LogP contribution < -0.4 is 0 Å². The van der Waals surface area contributed by atoms with Crippen LogP contribution in [0.3, 0.4) is 0 Å². The second-order valence-electron chi connectivity index (χ2n) is 18.0. The summed E-state index contributed by atoms with van der Waals surface area (Å²) in [5.41, 5.74) is 22.9. The molecule has 0 unspecified atom stereocenters. The number of aryl methyl sites for hydroxylation is 1. The van der Waals surface area contributed by atoms with Gasteiger partial charge in [-0.1, -0.05) is 206 Å². The van der Waals surface area contributed by atoms with Crippen LogP contribution in [0.15, 0.2) is 259 Å². The molecule has 2 heterocycles. The monoisotopic (exact) mass is 879 g/mol. The molecule has 13 rings (SSSR count). The minimum absolute atomic E-state index is 0.883. The molecule has 0 aliphatic heterocycles. The van der Waals surface area contributed by atoms with Crippen molar-refractivity contribution in [1.82, 2.24) is 4.57 Å². The van der Waals surface area contributed by atoms with E-state index in [1.807, 2.05) is 0 Å². The minimum atomic E-state index is 0.883. The molecule has 0 N–H and O–H groups in total. The summed E-state index contributed by atoms with van der Waals surface area (Å²) in [7, 11) is 2.24. The van der Waals surface area contributed by atoms with Crippen molar-refractivity contribution in [3.63, 3.8) is 0 Å². The SMILES string of the molecule is Cn1c2c(-c3ccccc3-c3cc(-c4ccccc4)cc(-c4ccccc4)c3)cccc2c2c3oc4ccccc4c3cc(-c3ccccc3-c3cc(-c4ccccc4)cc(-c4ccccc4)c3)c21. The Labute approximate surface area is 401 Å². The van der Waals surface area contributed by atoms with Crippen LogP contribution in [0.25, 0.3) is 133 Å². The number of fused-ring (bicyclic) bond motifs is 7. The smallest absolute Gasteiger partial charge is 0.145 e. The van der Waals surface area contributed by atoms with Gasteiger partial charge in [0.2, 0.25) is 0 Å². The number of aromatic nitrogens is 1. The predicted octanol–water partition coefficient (Wildman–Crippen LogP) is 18.6. The van der Waals surface area contributed by atoms with E-state index in [2.05, 4.69) is 266 Å².